The molecular weight excluding hydrogens is 260 g/mol. The van der Waals surface area contributed by atoms with Gasteiger partial charge in [0.15, 0.2) is 0 Å². The molecule has 0 aliphatic heterocycles. The molecule has 0 bridgehead atoms. The average molecular weight is 279 g/mol. The van der Waals surface area contributed by atoms with Crippen LogP contribution in [0, 0.1) is 6.92 Å². The van der Waals surface area contributed by atoms with Crippen LogP contribution in [0.15, 0.2) is 41.0 Å². The van der Waals surface area contributed by atoms with Crippen LogP contribution in [0.2, 0.25) is 5.02 Å². The van der Waals surface area contributed by atoms with Crippen molar-refractivity contribution in [3.05, 3.63) is 58.5 Å². The number of likely N-dealkylation sites (N-methyl/N-ethyl adjacent to an activating group) is 1. The van der Waals surface area contributed by atoms with E-state index in [4.69, 9.17) is 21.8 Å². The van der Waals surface area contributed by atoms with Crippen molar-refractivity contribution in [2.45, 2.75) is 19.5 Å². The molecule has 0 saturated carbocycles. The monoisotopic (exact) mass is 278 g/mol. The van der Waals surface area contributed by atoms with E-state index in [1.807, 2.05) is 44.3 Å². The van der Waals surface area contributed by atoms with Crippen LogP contribution < -0.4 is 5.73 Å². The molecule has 1 atom stereocenters. The highest BCUT2D eigenvalue weighted by Crippen LogP contribution is 2.27. The second-order valence-corrected chi connectivity index (χ2v) is 5.10. The van der Waals surface area contributed by atoms with Crippen molar-refractivity contribution in [3.63, 3.8) is 0 Å². The summed E-state index contributed by atoms with van der Waals surface area (Å²) in [5.74, 6) is 0.946. The van der Waals surface area contributed by atoms with Crippen LogP contribution in [-0.2, 0) is 6.54 Å². The molecule has 2 rings (SSSR count). The molecule has 1 aromatic heterocycles. The number of nitrogens with two attached hydrogens (primary N) is 1. The van der Waals surface area contributed by atoms with Gasteiger partial charge in [-0.05, 0) is 31.7 Å². The topological polar surface area (TPSA) is 42.4 Å². The zero-order valence-electron chi connectivity index (χ0n) is 11.3. The number of hydrogen-bond donors (Lipinski definition) is 1. The first-order valence-corrected chi connectivity index (χ1v) is 6.69. The molecular formula is C15H19ClN2O. The second kappa shape index (κ2) is 6.24. The van der Waals surface area contributed by atoms with E-state index in [-0.39, 0.29) is 6.04 Å². The number of nitrogens with zero attached hydrogens (tertiary/aromatic N) is 1. The molecule has 102 valence electrons. The molecule has 1 unspecified atom stereocenters. The Morgan fingerprint density at radius 3 is 2.63 bits per heavy atom. The first-order valence-electron chi connectivity index (χ1n) is 6.31. The van der Waals surface area contributed by atoms with E-state index < -0.39 is 0 Å². The number of rotatable bonds is 5. The Hall–Kier alpha value is -1.29. The predicted molar refractivity (Wildman–Crippen MR) is 78.2 cm³/mol. The van der Waals surface area contributed by atoms with Crippen LogP contribution in [0.25, 0.3) is 0 Å². The van der Waals surface area contributed by atoms with E-state index in [2.05, 4.69) is 4.90 Å². The maximum absolute atomic E-state index is 6.25. The molecule has 0 spiro atoms. The standard InChI is InChI=1S/C15H19ClN2O/c1-11-12(7-8-19-11)10-18(2)15(9-17)13-5-3-4-6-14(13)16/h3-8,15H,9-10,17H2,1-2H3. The van der Waals surface area contributed by atoms with Crippen molar-refractivity contribution >= 4 is 11.6 Å². The third-order valence-electron chi connectivity index (χ3n) is 3.41. The number of hydrogen-bond acceptors (Lipinski definition) is 3. The molecule has 0 fully saturated rings. The molecule has 0 aliphatic rings. The fourth-order valence-corrected chi connectivity index (χ4v) is 2.51. The van der Waals surface area contributed by atoms with Gasteiger partial charge in [-0.3, -0.25) is 4.90 Å². The number of furan rings is 1. The predicted octanol–water partition coefficient (Wildman–Crippen LogP) is 3.37. The van der Waals surface area contributed by atoms with Crippen LogP contribution in [0.5, 0.6) is 0 Å². The molecule has 0 amide bonds. The first kappa shape index (κ1) is 14.1. The van der Waals surface area contributed by atoms with Gasteiger partial charge in [-0.2, -0.15) is 0 Å². The van der Waals surface area contributed by atoms with E-state index >= 15 is 0 Å². The summed E-state index contributed by atoms with van der Waals surface area (Å²) in [6.45, 7) is 3.28. The number of aryl methyl sites for hydroxylation is 1. The fraction of sp³-hybridized carbons (Fsp3) is 0.333. The molecule has 4 heteroatoms. The molecule has 3 nitrogen and oxygen atoms in total. The molecule has 19 heavy (non-hydrogen) atoms. The molecule has 0 saturated heterocycles. The third kappa shape index (κ3) is 3.18. The normalized spacial score (nSPS) is 12.9. The Balaban J connectivity index is 2.18. The van der Waals surface area contributed by atoms with Crippen molar-refractivity contribution < 1.29 is 4.42 Å². The van der Waals surface area contributed by atoms with Gasteiger partial charge in [0.05, 0.1) is 6.26 Å². The fourth-order valence-electron chi connectivity index (χ4n) is 2.24. The molecule has 1 aromatic carbocycles. The summed E-state index contributed by atoms with van der Waals surface area (Å²) in [4.78, 5) is 2.19. The maximum Gasteiger partial charge on any atom is 0.105 e. The van der Waals surface area contributed by atoms with Gasteiger partial charge in [-0.1, -0.05) is 29.8 Å². The highest BCUT2D eigenvalue weighted by Gasteiger charge is 2.19. The SMILES string of the molecule is Cc1occc1CN(C)C(CN)c1ccccc1Cl. The summed E-state index contributed by atoms with van der Waals surface area (Å²) in [6, 6.07) is 9.93. The van der Waals surface area contributed by atoms with E-state index in [0.29, 0.717) is 6.54 Å². The van der Waals surface area contributed by atoms with Gasteiger partial charge in [0.2, 0.25) is 0 Å². The maximum atomic E-state index is 6.25. The summed E-state index contributed by atoms with van der Waals surface area (Å²) < 4.78 is 5.32. The summed E-state index contributed by atoms with van der Waals surface area (Å²) in [5, 5.41) is 0.758. The second-order valence-electron chi connectivity index (χ2n) is 4.69. The Morgan fingerprint density at radius 2 is 2.05 bits per heavy atom. The Labute approximate surface area is 119 Å². The van der Waals surface area contributed by atoms with Gasteiger partial charge in [0, 0.05) is 29.7 Å². The van der Waals surface area contributed by atoms with Crippen molar-refractivity contribution in [3.8, 4) is 0 Å². The summed E-state index contributed by atoms with van der Waals surface area (Å²) in [7, 11) is 2.05. The van der Waals surface area contributed by atoms with Gasteiger partial charge in [-0.25, -0.2) is 0 Å². The molecule has 1 heterocycles. The zero-order valence-corrected chi connectivity index (χ0v) is 12.0. The van der Waals surface area contributed by atoms with Crippen LogP contribution in [0.1, 0.15) is 22.9 Å². The highest BCUT2D eigenvalue weighted by atomic mass is 35.5. The minimum Gasteiger partial charge on any atom is -0.469 e. The minimum absolute atomic E-state index is 0.1000. The van der Waals surface area contributed by atoms with Crippen molar-refractivity contribution in [1.29, 1.82) is 0 Å². The lowest BCUT2D eigenvalue weighted by molar-refractivity contribution is 0.240. The lowest BCUT2D eigenvalue weighted by Crippen LogP contribution is -2.30. The largest absolute Gasteiger partial charge is 0.469 e. The van der Waals surface area contributed by atoms with Crippen molar-refractivity contribution in [2.24, 2.45) is 5.73 Å². The van der Waals surface area contributed by atoms with Gasteiger partial charge in [0.25, 0.3) is 0 Å². The lowest BCUT2D eigenvalue weighted by Gasteiger charge is -2.27. The quantitative estimate of drug-likeness (QED) is 0.912. The summed E-state index contributed by atoms with van der Waals surface area (Å²) >= 11 is 6.25. The van der Waals surface area contributed by atoms with E-state index in [9.17, 15) is 0 Å². The van der Waals surface area contributed by atoms with E-state index in [0.717, 1.165) is 22.9 Å². The van der Waals surface area contributed by atoms with Gasteiger partial charge < -0.3 is 10.2 Å². The van der Waals surface area contributed by atoms with Crippen LogP contribution >= 0.6 is 11.6 Å². The first-order chi connectivity index (χ1) is 9.13. The number of benzene rings is 1. The number of halogens is 1. The minimum atomic E-state index is 0.1000. The molecule has 0 aliphatic carbocycles. The van der Waals surface area contributed by atoms with E-state index in [1.165, 1.54) is 5.56 Å². The van der Waals surface area contributed by atoms with Crippen LogP contribution in [0.4, 0.5) is 0 Å². The Bertz CT molecular complexity index is 538. The molecule has 2 N–H and O–H groups in total. The van der Waals surface area contributed by atoms with Crippen LogP contribution in [-0.4, -0.2) is 18.5 Å². The van der Waals surface area contributed by atoms with Gasteiger partial charge in [0.1, 0.15) is 5.76 Å². The third-order valence-corrected chi connectivity index (χ3v) is 3.75. The smallest absolute Gasteiger partial charge is 0.105 e. The van der Waals surface area contributed by atoms with Gasteiger partial charge in [-0.15, -0.1) is 0 Å². The van der Waals surface area contributed by atoms with Gasteiger partial charge >= 0.3 is 0 Å². The summed E-state index contributed by atoms with van der Waals surface area (Å²) in [5.41, 5.74) is 8.16. The average Bonchev–Trinajstić information content (AvgIpc) is 2.78. The van der Waals surface area contributed by atoms with E-state index in [1.54, 1.807) is 6.26 Å². The highest BCUT2D eigenvalue weighted by molar-refractivity contribution is 6.31. The Kier molecular flexibility index (Phi) is 4.64. The lowest BCUT2D eigenvalue weighted by atomic mass is 10.0. The van der Waals surface area contributed by atoms with Crippen molar-refractivity contribution in [1.82, 2.24) is 4.90 Å². The van der Waals surface area contributed by atoms with Crippen LogP contribution in [0.3, 0.4) is 0 Å². The summed E-state index contributed by atoms with van der Waals surface area (Å²) in [6.07, 6.45) is 1.71. The van der Waals surface area contributed by atoms with Crippen molar-refractivity contribution in [2.75, 3.05) is 13.6 Å². The Morgan fingerprint density at radius 1 is 1.32 bits per heavy atom. The molecule has 2 aromatic rings. The zero-order chi connectivity index (χ0) is 13.8. The molecule has 0 radical (unpaired) electrons.